The molecule has 0 spiro atoms. The lowest BCUT2D eigenvalue weighted by molar-refractivity contribution is -0.141. The lowest BCUT2D eigenvalue weighted by Crippen LogP contribution is -2.26. The average Bonchev–Trinajstić information content (AvgIpc) is 3.01. The summed E-state index contributed by atoms with van der Waals surface area (Å²) < 4.78 is 4.77. The maximum absolute atomic E-state index is 11.6. The van der Waals surface area contributed by atoms with Crippen molar-refractivity contribution < 1.29 is 14.6 Å². The molecule has 2 aromatic rings. The third-order valence-corrected chi connectivity index (χ3v) is 4.32. The van der Waals surface area contributed by atoms with Gasteiger partial charge in [-0.25, -0.2) is 0 Å². The minimum atomic E-state index is -0.237. The first-order valence-electron chi connectivity index (χ1n) is 6.75. The molecule has 2 rings (SSSR count). The molecule has 1 aromatic heterocycles. The number of hydrogen-bond acceptors (Lipinski definition) is 5. The molecule has 4 nitrogen and oxygen atoms in total. The number of nitrogens with one attached hydrogen (secondary N) is 1. The van der Waals surface area contributed by atoms with Gasteiger partial charge >= 0.3 is 5.97 Å². The molecular formula is C16H19NO3S. The predicted molar refractivity (Wildman–Crippen MR) is 83.4 cm³/mol. The zero-order valence-electron chi connectivity index (χ0n) is 12.1. The summed E-state index contributed by atoms with van der Waals surface area (Å²) >= 11 is 1.61. The highest BCUT2D eigenvalue weighted by Gasteiger charge is 2.20. The van der Waals surface area contributed by atoms with Crippen molar-refractivity contribution in [2.24, 2.45) is 0 Å². The standard InChI is InChI=1S/C16H19NO3S/c1-11(12-5-7-13(18)8-6-12)17-14(10-16(19)20-2)15-4-3-9-21-15/h3-9,11,14,17-18H,10H2,1-2H3. The number of benzene rings is 1. The maximum atomic E-state index is 11.6. The molecule has 5 heteroatoms. The van der Waals surface area contributed by atoms with E-state index in [2.05, 4.69) is 5.32 Å². The topological polar surface area (TPSA) is 58.6 Å². The molecule has 0 saturated heterocycles. The van der Waals surface area contributed by atoms with Gasteiger partial charge in [-0.1, -0.05) is 18.2 Å². The summed E-state index contributed by atoms with van der Waals surface area (Å²) in [5, 5.41) is 14.8. The van der Waals surface area contributed by atoms with Gasteiger partial charge in [-0.2, -0.15) is 0 Å². The van der Waals surface area contributed by atoms with Crippen LogP contribution in [0.4, 0.5) is 0 Å². The number of esters is 1. The molecule has 21 heavy (non-hydrogen) atoms. The zero-order chi connectivity index (χ0) is 15.2. The molecule has 0 amide bonds. The van der Waals surface area contributed by atoms with Gasteiger partial charge in [0.25, 0.3) is 0 Å². The van der Waals surface area contributed by atoms with Crippen LogP contribution in [0.5, 0.6) is 5.75 Å². The molecular weight excluding hydrogens is 286 g/mol. The van der Waals surface area contributed by atoms with Crippen LogP contribution in [-0.4, -0.2) is 18.2 Å². The van der Waals surface area contributed by atoms with Crippen molar-refractivity contribution in [3.05, 3.63) is 52.2 Å². The van der Waals surface area contributed by atoms with Crippen LogP contribution in [0, 0.1) is 0 Å². The molecule has 112 valence electrons. The molecule has 0 radical (unpaired) electrons. The van der Waals surface area contributed by atoms with Crippen molar-refractivity contribution in [3.8, 4) is 5.75 Å². The molecule has 0 saturated carbocycles. The number of hydrogen-bond donors (Lipinski definition) is 2. The minimum Gasteiger partial charge on any atom is -0.508 e. The Kier molecular flexibility index (Phi) is 5.36. The van der Waals surface area contributed by atoms with Crippen LogP contribution in [0.25, 0.3) is 0 Å². The number of methoxy groups -OCH3 is 1. The molecule has 0 aliphatic carbocycles. The fourth-order valence-electron chi connectivity index (χ4n) is 2.14. The van der Waals surface area contributed by atoms with Crippen molar-refractivity contribution >= 4 is 17.3 Å². The molecule has 0 aliphatic heterocycles. The Balaban J connectivity index is 2.10. The van der Waals surface area contributed by atoms with Gasteiger partial charge in [-0.05, 0) is 36.1 Å². The van der Waals surface area contributed by atoms with Crippen molar-refractivity contribution in [2.45, 2.75) is 25.4 Å². The molecule has 0 fully saturated rings. The fraction of sp³-hybridized carbons (Fsp3) is 0.312. The number of phenolic OH excluding ortho intramolecular Hbond substituents is 1. The van der Waals surface area contributed by atoms with Crippen molar-refractivity contribution in [3.63, 3.8) is 0 Å². The zero-order valence-corrected chi connectivity index (χ0v) is 12.9. The van der Waals surface area contributed by atoms with Crippen LogP contribution < -0.4 is 5.32 Å². The van der Waals surface area contributed by atoms with Gasteiger partial charge in [-0.3, -0.25) is 4.79 Å². The minimum absolute atomic E-state index is 0.0577. The second-order valence-corrected chi connectivity index (χ2v) is 5.81. The molecule has 0 aliphatic rings. The van der Waals surface area contributed by atoms with Crippen LogP contribution in [0.1, 0.15) is 35.9 Å². The first-order valence-corrected chi connectivity index (χ1v) is 7.63. The highest BCUT2D eigenvalue weighted by Crippen LogP contribution is 2.26. The van der Waals surface area contributed by atoms with Gasteiger partial charge in [0, 0.05) is 10.9 Å². The molecule has 1 aromatic carbocycles. The van der Waals surface area contributed by atoms with E-state index >= 15 is 0 Å². The number of carbonyl (C=O) groups is 1. The number of ether oxygens (including phenoxy) is 1. The van der Waals surface area contributed by atoms with Crippen LogP contribution in [0.2, 0.25) is 0 Å². The SMILES string of the molecule is COC(=O)CC(NC(C)c1ccc(O)cc1)c1cccs1. The summed E-state index contributed by atoms with van der Waals surface area (Å²) in [4.78, 5) is 12.7. The van der Waals surface area contributed by atoms with Crippen LogP contribution >= 0.6 is 11.3 Å². The number of aromatic hydroxyl groups is 1. The Morgan fingerprint density at radius 2 is 2.05 bits per heavy atom. The summed E-state index contributed by atoms with van der Waals surface area (Å²) in [6.07, 6.45) is 0.291. The summed E-state index contributed by atoms with van der Waals surface area (Å²) in [5.41, 5.74) is 1.05. The van der Waals surface area contributed by atoms with E-state index in [0.717, 1.165) is 10.4 Å². The van der Waals surface area contributed by atoms with E-state index in [1.165, 1.54) is 7.11 Å². The molecule has 0 bridgehead atoms. The molecule has 2 N–H and O–H groups in total. The summed E-state index contributed by atoms with van der Waals surface area (Å²) in [6, 6.07) is 11.0. The first kappa shape index (κ1) is 15.5. The van der Waals surface area contributed by atoms with Crippen molar-refractivity contribution in [1.29, 1.82) is 0 Å². The number of thiophene rings is 1. The fourth-order valence-corrected chi connectivity index (χ4v) is 2.93. The normalized spacial score (nSPS) is 13.6. The Labute approximate surface area is 128 Å². The third kappa shape index (κ3) is 4.31. The predicted octanol–water partition coefficient (Wildman–Crippen LogP) is 3.41. The third-order valence-electron chi connectivity index (χ3n) is 3.33. The van der Waals surface area contributed by atoms with E-state index in [1.807, 2.05) is 36.6 Å². The van der Waals surface area contributed by atoms with Gasteiger partial charge in [0.05, 0.1) is 19.6 Å². The largest absolute Gasteiger partial charge is 0.508 e. The van der Waals surface area contributed by atoms with Crippen LogP contribution in [0.15, 0.2) is 41.8 Å². The summed E-state index contributed by atoms with van der Waals surface area (Å²) in [5.74, 6) is 0.00845. The Morgan fingerprint density at radius 1 is 1.33 bits per heavy atom. The van der Waals surface area contributed by atoms with E-state index in [0.29, 0.717) is 6.42 Å². The number of phenols is 1. The van der Waals surface area contributed by atoms with E-state index in [-0.39, 0.29) is 23.8 Å². The van der Waals surface area contributed by atoms with Crippen LogP contribution in [-0.2, 0) is 9.53 Å². The first-order chi connectivity index (χ1) is 10.1. The van der Waals surface area contributed by atoms with Gasteiger partial charge in [0.1, 0.15) is 5.75 Å². The van der Waals surface area contributed by atoms with Gasteiger partial charge in [0.15, 0.2) is 0 Å². The highest BCUT2D eigenvalue weighted by molar-refractivity contribution is 7.10. The molecule has 2 atom stereocenters. The van der Waals surface area contributed by atoms with Gasteiger partial charge in [0.2, 0.25) is 0 Å². The quantitative estimate of drug-likeness (QED) is 0.803. The molecule has 1 heterocycles. The van der Waals surface area contributed by atoms with Crippen molar-refractivity contribution in [2.75, 3.05) is 7.11 Å². The van der Waals surface area contributed by atoms with Crippen LogP contribution in [0.3, 0.4) is 0 Å². The Bertz CT molecular complexity index is 566. The monoisotopic (exact) mass is 305 g/mol. The average molecular weight is 305 g/mol. The highest BCUT2D eigenvalue weighted by atomic mass is 32.1. The van der Waals surface area contributed by atoms with Gasteiger partial charge in [-0.15, -0.1) is 11.3 Å². The lowest BCUT2D eigenvalue weighted by atomic mass is 10.1. The Hall–Kier alpha value is -1.85. The second kappa shape index (κ2) is 7.24. The van der Waals surface area contributed by atoms with E-state index in [4.69, 9.17) is 4.74 Å². The summed E-state index contributed by atoms with van der Waals surface area (Å²) in [7, 11) is 1.40. The second-order valence-electron chi connectivity index (χ2n) is 4.83. The lowest BCUT2D eigenvalue weighted by Gasteiger charge is -2.22. The van der Waals surface area contributed by atoms with Crippen molar-refractivity contribution in [1.82, 2.24) is 5.32 Å². The number of rotatable bonds is 6. The Morgan fingerprint density at radius 3 is 2.62 bits per heavy atom. The maximum Gasteiger partial charge on any atom is 0.307 e. The smallest absolute Gasteiger partial charge is 0.307 e. The van der Waals surface area contributed by atoms with E-state index in [9.17, 15) is 9.90 Å². The summed E-state index contributed by atoms with van der Waals surface area (Å²) in [6.45, 7) is 2.03. The number of carbonyl (C=O) groups excluding carboxylic acids is 1. The van der Waals surface area contributed by atoms with Gasteiger partial charge < -0.3 is 15.2 Å². The van der Waals surface area contributed by atoms with E-state index < -0.39 is 0 Å². The molecule has 2 unspecified atom stereocenters. The van der Waals surface area contributed by atoms with E-state index in [1.54, 1.807) is 23.5 Å².